The number of benzene rings is 1. The lowest BCUT2D eigenvalue weighted by atomic mass is 10.1. The molecule has 0 amide bonds. The zero-order valence-corrected chi connectivity index (χ0v) is 10.8. The van der Waals surface area contributed by atoms with Crippen LogP contribution in [0.1, 0.15) is 17.2 Å². The molecule has 1 unspecified atom stereocenters. The molecule has 0 saturated carbocycles. The minimum atomic E-state index is -0.106. The van der Waals surface area contributed by atoms with Crippen molar-refractivity contribution in [3.63, 3.8) is 0 Å². The van der Waals surface area contributed by atoms with Gasteiger partial charge in [0.1, 0.15) is 6.07 Å². The lowest BCUT2D eigenvalue weighted by molar-refractivity contribution is 0.776. The standard InChI is InChI=1S/C13H12ClN5/c14-11-3-1-10(2-4-11)12(6-16)19-13-17-7-9(5-15)8-18-13/h1-4,7-8,12H,6,16H2,(H,17,18,19). The van der Waals surface area contributed by atoms with Crippen LogP contribution in [0.3, 0.4) is 0 Å². The summed E-state index contributed by atoms with van der Waals surface area (Å²) < 4.78 is 0. The van der Waals surface area contributed by atoms with Crippen LogP contribution in [0.25, 0.3) is 0 Å². The molecule has 96 valence electrons. The molecular formula is C13H12ClN5. The van der Waals surface area contributed by atoms with Gasteiger partial charge in [-0.1, -0.05) is 23.7 Å². The Morgan fingerprint density at radius 1 is 1.26 bits per heavy atom. The highest BCUT2D eigenvalue weighted by molar-refractivity contribution is 6.30. The number of rotatable bonds is 4. The first kappa shape index (κ1) is 13.3. The van der Waals surface area contributed by atoms with Gasteiger partial charge in [-0.05, 0) is 17.7 Å². The van der Waals surface area contributed by atoms with Gasteiger partial charge in [-0.3, -0.25) is 0 Å². The van der Waals surface area contributed by atoms with E-state index in [9.17, 15) is 0 Å². The van der Waals surface area contributed by atoms with Crippen LogP contribution in [-0.2, 0) is 0 Å². The van der Waals surface area contributed by atoms with Gasteiger partial charge in [0, 0.05) is 11.6 Å². The van der Waals surface area contributed by atoms with E-state index in [1.165, 1.54) is 12.4 Å². The quantitative estimate of drug-likeness (QED) is 0.891. The van der Waals surface area contributed by atoms with Crippen LogP contribution in [0.4, 0.5) is 5.95 Å². The van der Waals surface area contributed by atoms with Crippen LogP contribution in [-0.4, -0.2) is 16.5 Å². The largest absolute Gasteiger partial charge is 0.346 e. The summed E-state index contributed by atoms with van der Waals surface area (Å²) in [5.41, 5.74) is 7.16. The van der Waals surface area contributed by atoms with E-state index in [1.54, 1.807) is 12.1 Å². The number of nitrogens with two attached hydrogens (primary N) is 1. The molecule has 3 N–H and O–H groups in total. The fourth-order valence-electron chi connectivity index (χ4n) is 1.59. The molecule has 0 saturated heterocycles. The molecule has 0 aliphatic rings. The van der Waals surface area contributed by atoms with E-state index < -0.39 is 0 Å². The van der Waals surface area contributed by atoms with Crippen molar-refractivity contribution in [1.29, 1.82) is 5.26 Å². The zero-order valence-electron chi connectivity index (χ0n) is 10.0. The van der Waals surface area contributed by atoms with Gasteiger partial charge in [0.25, 0.3) is 0 Å². The second-order valence-corrected chi connectivity index (χ2v) is 4.33. The van der Waals surface area contributed by atoms with Crippen molar-refractivity contribution in [3.05, 3.63) is 52.8 Å². The highest BCUT2D eigenvalue weighted by atomic mass is 35.5. The van der Waals surface area contributed by atoms with Crippen LogP contribution in [0.15, 0.2) is 36.7 Å². The topological polar surface area (TPSA) is 87.6 Å². The van der Waals surface area contributed by atoms with Crippen molar-refractivity contribution < 1.29 is 0 Å². The molecule has 2 aromatic rings. The Morgan fingerprint density at radius 2 is 1.89 bits per heavy atom. The molecule has 0 aliphatic heterocycles. The van der Waals surface area contributed by atoms with Crippen LogP contribution in [0, 0.1) is 11.3 Å². The summed E-state index contributed by atoms with van der Waals surface area (Å²) in [7, 11) is 0. The third kappa shape index (κ3) is 3.41. The highest BCUT2D eigenvalue weighted by Gasteiger charge is 2.10. The van der Waals surface area contributed by atoms with E-state index in [0.717, 1.165) is 5.56 Å². The summed E-state index contributed by atoms with van der Waals surface area (Å²) in [6, 6.07) is 9.27. The molecule has 5 nitrogen and oxygen atoms in total. The van der Waals surface area contributed by atoms with E-state index in [2.05, 4.69) is 15.3 Å². The molecule has 2 rings (SSSR count). The maximum atomic E-state index is 8.68. The van der Waals surface area contributed by atoms with Crippen molar-refractivity contribution in [2.24, 2.45) is 5.73 Å². The summed E-state index contributed by atoms with van der Waals surface area (Å²) in [5, 5.41) is 12.5. The molecule has 1 heterocycles. The maximum Gasteiger partial charge on any atom is 0.223 e. The molecule has 0 spiro atoms. The van der Waals surface area contributed by atoms with Gasteiger partial charge in [-0.15, -0.1) is 0 Å². The van der Waals surface area contributed by atoms with E-state index in [0.29, 0.717) is 23.1 Å². The van der Waals surface area contributed by atoms with E-state index in [-0.39, 0.29) is 6.04 Å². The smallest absolute Gasteiger partial charge is 0.223 e. The van der Waals surface area contributed by atoms with Gasteiger partial charge >= 0.3 is 0 Å². The molecule has 0 aliphatic carbocycles. The van der Waals surface area contributed by atoms with Gasteiger partial charge in [-0.25, -0.2) is 9.97 Å². The Hall–Kier alpha value is -2.16. The monoisotopic (exact) mass is 273 g/mol. The first-order chi connectivity index (χ1) is 9.22. The minimum absolute atomic E-state index is 0.106. The highest BCUT2D eigenvalue weighted by Crippen LogP contribution is 2.18. The van der Waals surface area contributed by atoms with Gasteiger partial charge in [0.2, 0.25) is 5.95 Å². The number of nitrogens with one attached hydrogen (secondary N) is 1. The predicted molar refractivity (Wildman–Crippen MR) is 73.6 cm³/mol. The molecule has 6 heteroatoms. The summed E-state index contributed by atoms with van der Waals surface area (Å²) >= 11 is 5.85. The fraction of sp³-hybridized carbons (Fsp3) is 0.154. The van der Waals surface area contributed by atoms with E-state index in [1.807, 2.05) is 18.2 Å². The Labute approximate surface area is 116 Å². The maximum absolute atomic E-state index is 8.68. The third-order valence-corrected chi connectivity index (χ3v) is 2.84. The number of nitriles is 1. The number of hydrogen-bond acceptors (Lipinski definition) is 5. The molecule has 1 aromatic carbocycles. The molecule has 0 fully saturated rings. The molecule has 0 radical (unpaired) electrons. The normalized spacial score (nSPS) is 11.6. The van der Waals surface area contributed by atoms with Crippen molar-refractivity contribution in [2.45, 2.75) is 6.04 Å². The SMILES string of the molecule is N#Cc1cnc(NC(CN)c2ccc(Cl)cc2)nc1. The van der Waals surface area contributed by atoms with Crippen LogP contribution in [0.2, 0.25) is 5.02 Å². The first-order valence-electron chi connectivity index (χ1n) is 5.67. The van der Waals surface area contributed by atoms with Gasteiger partial charge in [-0.2, -0.15) is 5.26 Å². The van der Waals surface area contributed by atoms with Crippen LogP contribution in [0.5, 0.6) is 0 Å². The van der Waals surface area contributed by atoms with Crippen molar-refractivity contribution >= 4 is 17.5 Å². The van der Waals surface area contributed by atoms with E-state index >= 15 is 0 Å². The Morgan fingerprint density at radius 3 is 2.42 bits per heavy atom. The molecule has 19 heavy (non-hydrogen) atoms. The summed E-state index contributed by atoms with van der Waals surface area (Å²) in [5.74, 6) is 0.435. The first-order valence-corrected chi connectivity index (χ1v) is 6.05. The van der Waals surface area contributed by atoms with Gasteiger partial charge < -0.3 is 11.1 Å². The average Bonchev–Trinajstić information content (AvgIpc) is 2.46. The second kappa shape index (κ2) is 6.14. The lowest BCUT2D eigenvalue weighted by Gasteiger charge is -2.17. The number of aromatic nitrogens is 2. The summed E-state index contributed by atoms with van der Waals surface area (Å²) in [6.07, 6.45) is 2.93. The fourth-order valence-corrected chi connectivity index (χ4v) is 1.72. The number of halogens is 1. The Kier molecular flexibility index (Phi) is 4.29. The average molecular weight is 274 g/mol. The second-order valence-electron chi connectivity index (χ2n) is 3.89. The number of hydrogen-bond donors (Lipinski definition) is 2. The van der Waals surface area contributed by atoms with Crippen LogP contribution >= 0.6 is 11.6 Å². The van der Waals surface area contributed by atoms with Gasteiger partial charge in [0.05, 0.1) is 24.0 Å². The zero-order chi connectivity index (χ0) is 13.7. The van der Waals surface area contributed by atoms with E-state index in [4.69, 9.17) is 22.6 Å². The van der Waals surface area contributed by atoms with Crippen molar-refractivity contribution in [3.8, 4) is 6.07 Å². The van der Waals surface area contributed by atoms with Gasteiger partial charge in [0.15, 0.2) is 0 Å². The van der Waals surface area contributed by atoms with Crippen molar-refractivity contribution in [1.82, 2.24) is 9.97 Å². The number of nitrogens with zero attached hydrogens (tertiary/aromatic N) is 3. The summed E-state index contributed by atoms with van der Waals surface area (Å²) in [4.78, 5) is 8.11. The lowest BCUT2D eigenvalue weighted by Crippen LogP contribution is -2.21. The van der Waals surface area contributed by atoms with Crippen LogP contribution < -0.4 is 11.1 Å². The van der Waals surface area contributed by atoms with Crippen molar-refractivity contribution in [2.75, 3.05) is 11.9 Å². The molecule has 1 aromatic heterocycles. The molecule has 0 bridgehead atoms. The summed E-state index contributed by atoms with van der Waals surface area (Å²) in [6.45, 7) is 0.394. The number of anilines is 1. The Bertz CT molecular complexity index is 573. The molecule has 1 atom stereocenters. The Balaban J connectivity index is 2.14. The molecular weight excluding hydrogens is 262 g/mol. The third-order valence-electron chi connectivity index (χ3n) is 2.59. The minimum Gasteiger partial charge on any atom is -0.346 e. The predicted octanol–water partition coefficient (Wildman–Crippen LogP) is 2.11.